The fourth-order valence-electron chi connectivity index (χ4n) is 3.64. The molecule has 7 nitrogen and oxygen atoms in total. The summed E-state index contributed by atoms with van der Waals surface area (Å²) in [6, 6.07) is 24.1. The van der Waals surface area contributed by atoms with Crippen molar-refractivity contribution in [3.05, 3.63) is 90.5 Å². The molecule has 0 spiro atoms. The Morgan fingerprint density at radius 2 is 1.52 bits per heavy atom. The molecule has 0 aliphatic carbocycles. The number of hydrogen-bond acceptors (Lipinski definition) is 4. The van der Waals surface area contributed by atoms with Crippen LogP contribution in [0.25, 0.3) is 0 Å². The molecule has 0 aromatic heterocycles. The maximum absolute atomic E-state index is 13.4. The molecule has 0 bridgehead atoms. The molecule has 1 aliphatic heterocycles. The normalized spacial score (nSPS) is 16.8. The summed E-state index contributed by atoms with van der Waals surface area (Å²) < 4.78 is 33.4. The Morgan fingerprint density at radius 3 is 2.13 bits per heavy atom. The molecule has 8 heteroatoms. The maximum atomic E-state index is 13.4. The van der Waals surface area contributed by atoms with Crippen LogP contribution in [0, 0.1) is 0 Å². The average molecular weight is 438 g/mol. The monoisotopic (exact) mass is 437 g/mol. The number of ether oxygens (including phenoxy) is 1. The highest BCUT2D eigenvalue weighted by Gasteiger charge is 2.43. The molecule has 0 unspecified atom stereocenters. The Balaban J connectivity index is 1.70. The zero-order chi connectivity index (χ0) is 21.8. The second kappa shape index (κ2) is 8.79. The minimum atomic E-state index is -3.81. The topological polar surface area (TPSA) is 79.0 Å². The molecule has 3 aromatic carbocycles. The first-order chi connectivity index (χ1) is 15.0. The highest BCUT2D eigenvalue weighted by molar-refractivity contribution is 7.89. The third-order valence-electron chi connectivity index (χ3n) is 5.18. The molecule has 4 rings (SSSR count). The van der Waals surface area contributed by atoms with Gasteiger partial charge in [-0.15, -0.1) is 0 Å². The molecule has 1 heterocycles. The van der Waals surface area contributed by atoms with Crippen LogP contribution >= 0.6 is 0 Å². The molecular weight excluding hydrogens is 414 g/mol. The lowest BCUT2D eigenvalue weighted by Gasteiger charge is -2.30. The van der Waals surface area contributed by atoms with Gasteiger partial charge in [-0.1, -0.05) is 48.5 Å². The van der Waals surface area contributed by atoms with Gasteiger partial charge in [0.05, 0.1) is 12.0 Å². The molecule has 1 N–H and O–H groups in total. The minimum Gasteiger partial charge on any atom is -0.497 e. The predicted octanol–water partition coefficient (Wildman–Crippen LogP) is 3.93. The van der Waals surface area contributed by atoms with E-state index in [1.165, 1.54) is 9.21 Å². The predicted molar refractivity (Wildman–Crippen MR) is 118 cm³/mol. The summed E-state index contributed by atoms with van der Waals surface area (Å²) in [7, 11) is -2.24. The number of methoxy groups -OCH3 is 1. The van der Waals surface area contributed by atoms with Crippen LogP contribution < -0.4 is 10.1 Å². The zero-order valence-electron chi connectivity index (χ0n) is 17.0. The number of rotatable bonds is 5. The van der Waals surface area contributed by atoms with E-state index < -0.39 is 16.2 Å². The number of urea groups is 1. The van der Waals surface area contributed by atoms with E-state index in [4.69, 9.17) is 4.74 Å². The van der Waals surface area contributed by atoms with Gasteiger partial charge >= 0.3 is 6.03 Å². The molecule has 1 aliphatic rings. The van der Waals surface area contributed by atoms with Crippen molar-refractivity contribution in [1.82, 2.24) is 9.21 Å². The molecule has 0 saturated carbocycles. The summed E-state index contributed by atoms with van der Waals surface area (Å²) in [5.74, 6) is 0.652. The smallest absolute Gasteiger partial charge is 0.323 e. The van der Waals surface area contributed by atoms with Gasteiger partial charge in [-0.25, -0.2) is 13.2 Å². The van der Waals surface area contributed by atoms with Gasteiger partial charge in [0, 0.05) is 18.8 Å². The highest BCUT2D eigenvalue weighted by Crippen LogP contribution is 2.36. The van der Waals surface area contributed by atoms with Gasteiger partial charge in [0.15, 0.2) is 0 Å². The lowest BCUT2D eigenvalue weighted by molar-refractivity contribution is 0.188. The molecule has 1 fully saturated rings. The van der Waals surface area contributed by atoms with E-state index in [1.54, 1.807) is 73.8 Å². The zero-order valence-corrected chi connectivity index (χ0v) is 17.8. The van der Waals surface area contributed by atoms with Gasteiger partial charge in [0.25, 0.3) is 0 Å². The van der Waals surface area contributed by atoms with E-state index >= 15 is 0 Å². The van der Waals surface area contributed by atoms with Crippen molar-refractivity contribution in [3.63, 3.8) is 0 Å². The van der Waals surface area contributed by atoms with E-state index in [-0.39, 0.29) is 24.0 Å². The standard InChI is InChI=1S/C23H23N3O4S/c1-30-20-14-12-18(13-15-20)22-25(23(27)24-19-8-4-2-5-9-19)16-17-26(22)31(28,29)21-10-6-3-7-11-21/h2-15,22H,16-17H2,1H3,(H,24,27)/t22-/m1/s1. The first kappa shape index (κ1) is 20.9. The van der Waals surface area contributed by atoms with Gasteiger partial charge in [-0.05, 0) is 42.0 Å². The Bertz CT molecular complexity index is 1140. The number of carbonyl (C=O) groups is 1. The summed E-state index contributed by atoms with van der Waals surface area (Å²) in [4.78, 5) is 14.8. The van der Waals surface area contributed by atoms with Crippen molar-refractivity contribution in [1.29, 1.82) is 0 Å². The van der Waals surface area contributed by atoms with Crippen LogP contribution in [-0.2, 0) is 10.0 Å². The van der Waals surface area contributed by atoms with Crippen molar-refractivity contribution in [3.8, 4) is 5.75 Å². The highest BCUT2D eigenvalue weighted by atomic mass is 32.2. The number of amides is 2. The van der Waals surface area contributed by atoms with E-state index in [0.717, 1.165) is 0 Å². The van der Waals surface area contributed by atoms with Gasteiger partial charge in [0.2, 0.25) is 10.0 Å². The minimum absolute atomic E-state index is 0.191. The third-order valence-corrected chi connectivity index (χ3v) is 7.05. The lowest BCUT2D eigenvalue weighted by Crippen LogP contribution is -2.39. The fourth-order valence-corrected chi connectivity index (χ4v) is 5.23. The quantitative estimate of drug-likeness (QED) is 0.656. The van der Waals surface area contributed by atoms with Gasteiger partial charge in [0.1, 0.15) is 11.9 Å². The number of para-hydroxylation sites is 1. The van der Waals surface area contributed by atoms with Gasteiger partial charge < -0.3 is 15.0 Å². The van der Waals surface area contributed by atoms with Crippen LogP contribution in [0.5, 0.6) is 5.75 Å². The number of sulfonamides is 1. The van der Waals surface area contributed by atoms with Crippen molar-refractivity contribution >= 4 is 21.7 Å². The molecule has 1 saturated heterocycles. The number of anilines is 1. The van der Waals surface area contributed by atoms with Crippen molar-refractivity contribution in [2.24, 2.45) is 0 Å². The summed E-state index contributed by atoms with van der Waals surface area (Å²) in [6.45, 7) is 0.456. The van der Waals surface area contributed by atoms with Gasteiger partial charge in [-0.2, -0.15) is 4.31 Å². The second-order valence-corrected chi connectivity index (χ2v) is 8.96. The number of nitrogens with one attached hydrogen (secondary N) is 1. The van der Waals surface area contributed by atoms with E-state index in [1.807, 2.05) is 18.2 Å². The average Bonchev–Trinajstić information content (AvgIpc) is 3.27. The molecule has 1 atom stereocenters. The van der Waals surface area contributed by atoms with Crippen LogP contribution in [0.4, 0.5) is 10.5 Å². The van der Waals surface area contributed by atoms with E-state index in [9.17, 15) is 13.2 Å². The number of nitrogens with zero attached hydrogens (tertiary/aromatic N) is 2. The van der Waals surface area contributed by atoms with Crippen LogP contribution in [0.15, 0.2) is 89.8 Å². The Kier molecular flexibility index (Phi) is 5.92. The van der Waals surface area contributed by atoms with E-state index in [0.29, 0.717) is 17.0 Å². The second-order valence-electron chi connectivity index (χ2n) is 7.07. The molecule has 2 amide bonds. The SMILES string of the molecule is COc1ccc([C@@H]2N(C(=O)Nc3ccccc3)CCN2S(=O)(=O)c2ccccc2)cc1. The van der Waals surface area contributed by atoms with Crippen molar-refractivity contribution < 1.29 is 17.9 Å². The Morgan fingerprint density at radius 1 is 0.903 bits per heavy atom. The fraction of sp³-hybridized carbons (Fsp3) is 0.174. The molecular formula is C23H23N3O4S. The van der Waals surface area contributed by atoms with Crippen molar-refractivity contribution in [2.75, 3.05) is 25.5 Å². The molecule has 31 heavy (non-hydrogen) atoms. The number of benzene rings is 3. The number of hydrogen-bond donors (Lipinski definition) is 1. The maximum Gasteiger partial charge on any atom is 0.323 e. The summed E-state index contributed by atoms with van der Waals surface area (Å²) in [6.07, 6.45) is -0.778. The largest absolute Gasteiger partial charge is 0.497 e. The van der Waals surface area contributed by atoms with Crippen LogP contribution in [0.2, 0.25) is 0 Å². The summed E-state index contributed by atoms with van der Waals surface area (Å²) >= 11 is 0. The van der Waals surface area contributed by atoms with Crippen LogP contribution in [0.3, 0.4) is 0 Å². The van der Waals surface area contributed by atoms with Crippen LogP contribution in [-0.4, -0.2) is 43.9 Å². The molecule has 0 radical (unpaired) electrons. The molecule has 3 aromatic rings. The first-order valence-electron chi connectivity index (χ1n) is 9.84. The Labute approximate surface area is 181 Å². The molecule has 160 valence electrons. The first-order valence-corrected chi connectivity index (χ1v) is 11.3. The van der Waals surface area contributed by atoms with E-state index in [2.05, 4.69) is 5.32 Å². The lowest BCUT2D eigenvalue weighted by atomic mass is 10.1. The number of carbonyl (C=O) groups excluding carboxylic acids is 1. The third kappa shape index (κ3) is 4.26. The summed E-state index contributed by atoms with van der Waals surface area (Å²) in [5.41, 5.74) is 1.33. The Hall–Kier alpha value is -3.36. The van der Waals surface area contributed by atoms with Gasteiger partial charge in [-0.3, -0.25) is 0 Å². The van der Waals surface area contributed by atoms with Crippen LogP contribution in [0.1, 0.15) is 11.7 Å². The summed E-state index contributed by atoms with van der Waals surface area (Å²) in [5, 5.41) is 2.86. The van der Waals surface area contributed by atoms with Crippen molar-refractivity contribution in [2.45, 2.75) is 11.1 Å².